The molecule has 2 aliphatic rings. The Morgan fingerprint density at radius 2 is 1.93 bits per heavy atom. The zero-order valence-electron chi connectivity index (χ0n) is 9.93. The molecule has 3 unspecified atom stereocenters. The van der Waals surface area contributed by atoms with Crippen LogP contribution in [0.3, 0.4) is 0 Å². The van der Waals surface area contributed by atoms with Crippen LogP contribution in [0.2, 0.25) is 0 Å². The standard InChI is InChI=1S/C10H18N2.C2H6/c1-6-8-4-3-5-9(12-8)7(2)10(6)11;1-2/h6,8-9,12H,3-5,11H2,1-2H3;1-2H3. The van der Waals surface area contributed by atoms with E-state index in [4.69, 9.17) is 5.73 Å². The van der Waals surface area contributed by atoms with Crippen LogP contribution in [0.25, 0.3) is 0 Å². The summed E-state index contributed by atoms with van der Waals surface area (Å²) >= 11 is 0. The monoisotopic (exact) mass is 196 g/mol. The van der Waals surface area contributed by atoms with Crippen molar-refractivity contribution in [2.75, 3.05) is 0 Å². The van der Waals surface area contributed by atoms with Gasteiger partial charge in [-0.3, -0.25) is 0 Å². The summed E-state index contributed by atoms with van der Waals surface area (Å²) < 4.78 is 0. The van der Waals surface area contributed by atoms with Gasteiger partial charge >= 0.3 is 0 Å². The number of hydrogen-bond acceptors (Lipinski definition) is 2. The highest BCUT2D eigenvalue weighted by atomic mass is 15.0. The largest absolute Gasteiger partial charge is 0.402 e. The Bertz CT molecular complexity index is 210. The fourth-order valence-electron chi connectivity index (χ4n) is 2.48. The minimum absolute atomic E-state index is 0.543. The zero-order valence-corrected chi connectivity index (χ0v) is 9.93. The Kier molecular flexibility index (Phi) is 3.99. The van der Waals surface area contributed by atoms with Crippen molar-refractivity contribution in [1.29, 1.82) is 0 Å². The van der Waals surface area contributed by atoms with E-state index in [0.717, 1.165) is 5.70 Å². The molecule has 2 bridgehead atoms. The molecule has 2 rings (SSSR count). The van der Waals surface area contributed by atoms with E-state index in [1.54, 1.807) is 0 Å². The van der Waals surface area contributed by atoms with Gasteiger partial charge in [-0.2, -0.15) is 0 Å². The highest BCUT2D eigenvalue weighted by Crippen LogP contribution is 2.31. The van der Waals surface area contributed by atoms with E-state index in [9.17, 15) is 0 Å². The van der Waals surface area contributed by atoms with Gasteiger partial charge in [0.25, 0.3) is 0 Å². The summed E-state index contributed by atoms with van der Waals surface area (Å²) in [7, 11) is 0. The van der Waals surface area contributed by atoms with Gasteiger partial charge in [0.15, 0.2) is 0 Å². The predicted octanol–water partition coefficient (Wildman–Crippen LogP) is 2.41. The van der Waals surface area contributed by atoms with Crippen molar-refractivity contribution in [3.05, 3.63) is 11.3 Å². The number of nitrogens with one attached hydrogen (secondary N) is 1. The van der Waals surface area contributed by atoms with E-state index in [-0.39, 0.29) is 0 Å². The second-order valence-corrected chi connectivity index (χ2v) is 4.18. The average molecular weight is 196 g/mol. The van der Waals surface area contributed by atoms with Crippen molar-refractivity contribution in [3.63, 3.8) is 0 Å². The molecule has 82 valence electrons. The molecule has 2 nitrogen and oxygen atoms in total. The third-order valence-electron chi connectivity index (χ3n) is 3.50. The van der Waals surface area contributed by atoms with Crippen LogP contribution in [0.5, 0.6) is 0 Å². The Balaban J connectivity index is 0.000000461. The molecule has 0 aromatic rings. The van der Waals surface area contributed by atoms with E-state index in [2.05, 4.69) is 19.2 Å². The molecule has 3 N–H and O–H groups in total. The quantitative estimate of drug-likeness (QED) is 0.624. The minimum atomic E-state index is 0.543. The van der Waals surface area contributed by atoms with Crippen LogP contribution in [0.1, 0.15) is 47.0 Å². The third kappa shape index (κ3) is 1.95. The van der Waals surface area contributed by atoms with Crippen molar-refractivity contribution >= 4 is 0 Å². The summed E-state index contributed by atoms with van der Waals surface area (Å²) in [4.78, 5) is 0. The first kappa shape index (κ1) is 11.6. The number of hydrogen-bond donors (Lipinski definition) is 2. The van der Waals surface area contributed by atoms with Crippen molar-refractivity contribution in [1.82, 2.24) is 5.32 Å². The first-order chi connectivity index (χ1) is 6.70. The number of nitrogens with two attached hydrogens (primary N) is 1. The fraction of sp³-hybridized carbons (Fsp3) is 0.833. The van der Waals surface area contributed by atoms with Crippen LogP contribution in [0.4, 0.5) is 0 Å². The van der Waals surface area contributed by atoms with Crippen LogP contribution < -0.4 is 11.1 Å². The lowest BCUT2D eigenvalue weighted by molar-refractivity contribution is 0.269. The van der Waals surface area contributed by atoms with Gasteiger partial charge in [0.1, 0.15) is 0 Å². The molecule has 2 heterocycles. The summed E-state index contributed by atoms with van der Waals surface area (Å²) in [5.41, 5.74) is 8.58. The van der Waals surface area contributed by atoms with E-state index < -0.39 is 0 Å². The van der Waals surface area contributed by atoms with Gasteiger partial charge in [0, 0.05) is 23.7 Å². The molecule has 0 radical (unpaired) electrons. The normalized spacial score (nSPS) is 36.1. The molecule has 2 heteroatoms. The Morgan fingerprint density at radius 3 is 2.57 bits per heavy atom. The van der Waals surface area contributed by atoms with Crippen molar-refractivity contribution in [3.8, 4) is 0 Å². The summed E-state index contributed by atoms with van der Waals surface area (Å²) in [5, 5.41) is 3.64. The third-order valence-corrected chi connectivity index (χ3v) is 3.50. The first-order valence-electron chi connectivity index (χ1n) is 5.92. The van der Waals surface area contributed by atoms with Crippen LogP contribution >= 0.6 is 0 Å². The summed E-state index contributed by atoms with van der Waals surface area (Å²) in [5.74, 6) is 0.543. The zero-order chi connectivity index (χ0) is 10.7. The predicted molar refractivity (Wildman–Crippen MR) is 62.0 cm³/mol. The van der Waals surface area contributed by atoms with Crippen molar-refractivity contribution in [2.45, 2.75) is 59.0 Å². The lowest BCUT2D eigenvalue weighted by Crippen LogP contribution is -2.52. The van der Waals surface area contributed by atoms with Crippen LogP contribution in [-0.2, 0) is 0 Å². The molecule has 0 aliphatic carbocycles. The summed E-state index contributed by atoms with van der Waals surface area (Å²) in [6.07, 6.45) is 3.93. The van der Waals surface area contributed by atoms with Gasteiger partial charge in [-0.25, -0.2) is 0 Å². The molecule has 0 saturated carbocycles. The Morgan fingerprint density at radius 1 is 1.29 bits per heavy atom. The molecule has 0 amide bonds. The molecule has 14 heavy (non-hydrogen) atoms. The molecule has 3 atom stereocenters. The second-order valence-electron chi connectivity index (χ2n) is 4.18. The van der Waals surface area contributed by atoms with Gasteiger partial charge in [-0.15, -0.1) is 0 Å². The minimum Gasteiger partial charge on any atom is -0.402 e. The Hall–Kier alpha value is -0.500. The summed E-state index contributed by atoms with van der Waals surface area (Å²) in [6, 6.07) is 1.23. The van der Waals surface area contributed by atoms with E-state index in [0.29, 0.717) is 18.0 Å². The lowest BCUT2D eigenvalue weighted by Gasteiger charge is -2.41. The SMILES string of the molecule is CC.CC1=C(N)C(C)C2CCCC1N2. The molecule has 0 aromatic heterocycles. The van der Waals surface area contributed by atoms with Crippen LogP contribution in [-0.4, -0.2) is 12.1 Å². The molecular formula is C12H24N2. The molecule has 2 aliphatic heterocycles. The van der Waals surface area contributed by atoms with Gasteiger partial charge in [0.2, 0.25) is 0 Å². The average Bonchev–Trinajstić information content (AvgIpc) is 2.27. The summed E-state index contributed by atoms with van der Waals surface area (Å²) in [6.45, 7) is 8.41. The van der Waals surface area contributed by atoms with Crippen molar-refractivity contribution in [2.24, 2.45) is 11.7 Å². The lowest BCUT2D eigenvalue weighted by atomic mass is 9.79. The number of piperidine rings is 1. The first-order valence-corrected chi connectivity index (χ1v) is 5.92. The molecular weight excluding hydrogens is 172 g/mol. The van der Waals surface area contributed by atoms with Gasteiger partial charge in [0.05, 0.1) is 0 Å². The molecule has 0 spiro atoms. The van der Waals surface area contributed by atoms with Gasteiger partial charge in [-0.05, 0) is 31.8 Å². The van der Waals surface area contributed by atoms with Crippen LogP contribution in [0.15, 0.2) is 11.3 Å². The maximum absolute atomic E-state index is 6.05. The van der Waals surface area contributed by atoms with Gasteiger partial charge in [-0.1, -0.05) is 20.8 Å². The molecule has 0 aromatic carbocycles. The second kappa shape index (κ2) is 4.83. The van der Waals surface area contributed by atoms with E-state index >= 15 is 0 Å². The number of fused-ring (bicyclic) bond motifs is 2. The fourth-order valence-corrected chi connectivity index (χ4v) is 2.48. The molecule has 1 saturated heterocycles. The Labute approximate surface area is 87.9 Å². The highest BCUT2D eigenvalue weighted by molar-refractivity contribution is 5.24. The maximum atomic E-state index is 6.05. The number of rotatable bonds is 0. The topological polar surface area (TPSA) is 38.0 Å². The highest BCUT2D eigenvalue weighted by Gasteiger charge is 2.33. The maximum Gasteiger partial charge on any atom is 0.0299 e. The van der Waals surface area contributed by atoms with E-state index in [1.165, 1.54) is 24.8 Å². The smallest absolute Gasteiger partial charge is 0.0299 e. The van der Waals surface area contributed by atoms with E-state index in [1.807, 2.05) is 13.8 Å². The van der Waals surface area contributed by atoms with Crippen LogP contribution in [0, 0.1) is 5.92 Å². The molecule has 1 fully saturated rings. The van der Waals surface area contributed by atoms with Crippen molar-refractivity contribution < 1.29 is 0 Å². The van der Waals surface area contributed by atoms with Gasteiger partial charge < -0.3 is 11.1 Å².